The van der Waals surface area contributed by atoms with Crippen LogP contribution in [0.5, 0.6) is 11.6 Å². The molecular formula is C31H41F2N6O8P. The quantitative estimate of drug-likeness (QED) is 0.111. The molecule has 0 aliphatic heterocycles. The van der Waals surface area contributed by atoms with Crippen LogP contribution in [0.3, 0.4) is 0 Å². The average molecular weight is 695 g/mol. The second-order valence-electron chi connectivity index (χ2n) is 12.4. The fourth-order valence-corrected chi connectivity index (χ4v) is 6.12. The Labute approximate surface area is 276 Å². The molecule has 4 unspecified atom stereocenters. The summed E-state index contributed by atoms with van der Waals surface area (Å²) >= 11 is 0. The van der Waals surface area contributed by atoms with Crippen LogP contribution in [-0.2, 0) is 29.1 Å². The lowest BCUT2D eigenvalue weighted by molar-refractivity contribution is -0.253. The van der Waals surface area contributed by atoms with Crippen LogP contribution in [0.2, 0.25) is 0 Å². The molecule has 0 spiro atoms. The highest BCUT2D eigenvalue weighted by Gasteiger charge is 2.54. The van der Waals surface area contributed by atoms with Crippen molar-refractivity contribution in [2.75, 3.05) is 32.7 Å². The molecule has 0 saturated heterocycles. The number of carbonyl (C=O) groups is 1. The molecule has 17 heteroatoms. The average Bonchev–Trinajstić information content (AvgIpc) is 3.47. The van der Waals surface area contributed by atoms with E-state index in [9.17, 15) is 14.5 Å². The predicted molar refractivity (Wildman–Crippen MR) is 174 cm³/mol. The highest BCUT2D eigenvalue weighted by Crippen LogP contribution is 2.48. The lowest BCUT2D eigenvalue weighted by atomic mass is 9.99. The number of halogens is 2. The van der Waals surface area contributed by atoms with Crippen LogP contribution in [0.25, 0.3) is 21.9 Å². The number of fused-ring (bicyclic) bond motifs is 2. The fourth-order valence-electron chi connectivity index (χ4n) is 4.59. The Morgan fingerprint density at radius 1 is 1.10 bits per heavy atom. The van der Waals surface area contributed by atoms with Crippen molar-refractivity contribution in [1.29, 1.82) is 0 Å². The topological polar surface area (TPSA) is 182 Å². The number of benzene rings is 2. The number of anilines is 1. The van der Waals surface area contributed by atoms with E-state index in [1.165, 1.54) is 13.0 Å². The van der Waals surface area contributed by atoms with Crippen LogP contribution in [0.15, 0.2) is 48.8 Å². The molecule has 2 aromatic heterocycles. The van der Waals surface area contributed by atoms with Crippen molar-refractivity contribution in [3.8, 4) is 11.6 Å². The molecule has 0 aliphatic carbocycles. The first-order valence-corrected chi connectivity index (χ1v) is 16.6. The summed E-state index contributed by atoms with van der Waals surface area (Å²) in [6.07, 6.45) is -1.69. The van der Waals surface area contributed by atoms with Crippen molar-refractivity contribution in [1.82, 2.24) is 24.6 Å². The third-order valence-electron chi connectivity index (χ3n) is 7.13. The third kappa shape index (κ3) is 8.18. The minimum absolute atomic E-state index is 0.00442. The van der Waals surface area contributed by atoms with Gasteiger partial charge in [0.15, 0.2) is 17.3 Å². The summed E-state index contributed by atoms with van der Waals surface area (Å²) in [4.78, 5) is 24.8. The molecule has 0 fully saturated rings. The van der Waals surface area contributed by atoms with E-state index in [2.05, 4.69) is 20.0 Å². The monoisotopic (exact) mass is 694 g/mol. The Bertz CT molecular complexity index is 1800. The van der Waals surface area contributed by atoms with Gasteiger partial charge in [0, 0.05) is 12.5 Å². The number of methoxy groups -OCH3 is 1. The molecule has 262 valence electrons. The standard InChI is InChI=1S/C31H41F2N6O8P/c1-8-44-25-23-24(36-28(34)37-25)39(18-35-23)30(6,32)27(41)31(33,43-7)17-46-48(42,38-19(2)26(40)45-16-29(3,4)5)47-22-15-11-13-20-12-9-10-14-21(20)22/h9-15,18-19,27,41H,8,16-17H2,1-7H3,(H,38,42)(H2,34,36,37)/t19?,27-,30?,31?,48?/m0/s1. The van der Waals surface area contributed by atoms with Gasteiger partial charge in [0.2, 0.25) is 17.6 Å². The molecule has 5 atom stereocenters. The zero-order valence-electron chi connectivity index (χ0n) is 27.8. The number of nitrogens with two attached hydrogens (primary N) is 1. The first-order valence-electron chi connectivity index (χ1n) is 15.0. The van der Waals surface area contributed by atoms with Crippen molar-refractivity contribution in [2.45, 2.75) is 65.3 Å². The van der Waals surface area contributed by atoms with Gasteiger partial charge >= 0.3 is 13.7 Å². The summed E-state index contributed by atoms with van der Waals surface area (Å²) in [6.45, 7) is 8.37. The van der Waals surface area contributed by atoms with Crippen LogP contribution >= 0.6 is 7.75 Å². The Balaban J connectivity index is 1.65. The number of aliphatic hydroxyl groups excluding tert-OH is 1. The summed E-state index contributed by atoms with van der Waals surface area (Å²) in [5, 5.41) is 14.9. The summed E-state index contributed by atoms with van der Waals surface area (Å²) < 4.78 is 75.1. The summed E-state index contributed by atoms with van der Waals surface area (Å²) in [5.74, 6) is -7.43. The second kappa shape index (κ2) is 14.3. The molecule has 2 aromatic carbocycles. The number of carbonyl (C=O) groups excluding carboxylic acids is 1. The van der Waals surface area contributed by atoms with Crippen LogP contribution in [0, 0.1) is 5.41 Å². The summed E-state index contributed by atoms with van der Waals surface area (Å²) in [6, 6.07) is 10.7. The van der Waals surface area contributed by atoms with Crippen LogP contribution in [0.1, 0.15) is 41.5 Å². The molecule has 4 rings (SSSR count). The van der Waals surface area contributed by atoms with Gasteiger partial charge in [-0.2, -0.15) is 15.1 Å². The molecule has 4 N–H and O–H groups in total. The van der Waals surface area contributed by atoms with Gasteiger partial charge in [0.1, 0.15) is 18.4 Å². The van der Waals surface area contributed by atoms with Crippen LogP contribution in [-0.4, -0.2) is 75.5 Å². The van der Waals surface area contributed by atoms with Crippen molar-refractivity contribution < 1.29 is 46.5 Å². The lowest BCUT2D eigenvalue weighted by Crippen LogP contribution is -2.55. The van der Waals surface area contributed by atoms with E-state index in [4.69, 9.17) is 29.0 Å². The van der Waals surface area contributed by atoms with E-state index in [1.54, 1.807) is 43.3 Å². The number of nitrogens with one attached hydrogen (secondary N) is 1. The number of hydrogen-bond donors (Lipinski definition) is 3. The number of esters is 1. The van der Waals surface area contributed by atoms with E-state index < -0.39 is 44.1 Å². The zero-order chi connectivity index (χ0) is 35.5. The zero-order valence-corrected chi connectivity index (χ0v) is 28.7. The molecule has 0 amide bonds. The van der Waals surface area contributed by atoms with E-state index in [0.717, 1.165) is 30.3 Å². The van der Waals surface area contributed by atoms with Crippen LogP contribution < -0.4 is 20.1 Å². The Morgan fingerprint density at radius 2 is 1.79 bits per heavy atom. The maximum absolute atomic E-state index is 16.5. The smallest absolute Gasteiger partial charge is 0.459 e. The van der Waals surface area contributed by atoms with Gasteiger partial charge in [0.05, 0.1) is 19.5 Å². The molecule has 0 aliphatic rings. The minimum Gasteiger partial charge on any atom is -0.476 e. The number of aromatic nitrogens is 4. The highest BCUT2D eigenvalue weighted by molar-refractivity contribution is 7.52. The summed E-state index contributed by atoms with van der Waals surface area (Å²) in [5.41, 5.74) is 5.21. The normalized spacial score (nSPS) is 17.2. The summed E-state index contributed by atoms with van der Waals surface area (Å²) in [7, 11) is -3.86. The molecule has 2 heterocycles. The number of nitrogen functional groups attached to an aromatic ring is 1. The number of rotatable bonds is 15. The van der Waals surface area contributed by atoms with Gasteiger partial charge < -0.3 is 29.6 Å². The SMILES string of the molecule is CCOc1nc(N)nc2c1ncn2C(C)(F)[C@H](O)C(F)(COP(=O)(NC(C)C(=O)OCC(C)(C)C)Oc1cccc2ccccc12)OC. The lowest BCUT2D eigenvalue weighted by Gasteiger charge is -2.37. The molecular weight excluding hydrogens is 653 g/mol. The largest absolute Gasteiger partial charge is 0.476 e. The Hall–Kier alpha value is -3.95. The maximum atomic E-state index is 16.5. The van der Waals surface area contributed by atoms with Crippen molar-refractivity contribution in [2.24, 2.45) is 5.41 Å². The molecule has 4 aromatic rings. The van der Waals surface area contributed by atoms with Gasteiger partial charge in [-0.25, -0.2) is 18.3 Å². The number of imidazole rings is 1. The second-order valence-corrected chi connectivity index (χ2v) is 14.1. The molecule has 0 bridgehead atoms. The van der Waals surface area contributed by atoms with E-state index >= 15 is 8.78 Å². The van der Waals surface area contributed by atoms with Gasteiger partial charge in [-0.15, -0.1) is 0 Å². The van der Waals surface area contributed by atoms with Crippen molar-refractivity contribution in [3.05, 3.63) is 48.8 Å². The number of alkyl halides is 2. The van der Waals surface area contributed by atoms with Gasteiger partial charge in [-0.1, -0.05) is 57.2 Å². The number of hydrogen-bond acceptors (Lipinski definition) is 12. The van der Waals surface area contributed by atoms with Gasteiger partial charge in [-0.3, -0.25) is 13.9 Å². The van der Waals surface area contributed by atoms with E-state index in [1.807, 2.05) is 20.8 Å². The van der Waals surface area contributed by atoms with Crippen LogP contribution in [0.4, 0.5) is 14.7 Å². The Kier molecular flexibility index (Phi) is 11.0. The number of aliphatic hydroxyl groups is 1. The maximum Gasteiger partial charge on any atom is 0.459 e. The number of nitrogens with zero attached hydrogens (tertiary/aromatic N) is 4. The molecule has 0 saturated carbocycles. The first-order chi connectivity index (χ1) is 22.4. The van der Waals surface area contributed by atoms with Crippen molar-refractivity contribution >= 4 is 41.6 Å². The highest BCUT2D eigenvalue weighted by atomic mass is 31.2. The van der Waals surface area contributed by atoms with Gasteiger partial charge in [-0.05, 0) is 37.6 Å². The molecule has 0 radical (unpaired) electrons. The Morgan fingerprint density at radius 3 is 2.46 bits per heavy atom. The molecule has 14 nitrogen and oxygen atoms in total. The predicted octanol–water partition coefficient (Wildman–Crippen LogP) is 5.05. The third-order valence-corrected chi connectivity index (χ3v) is 8.74. The first kappa shape index (κ1) is 36.9. The van der Waals surface area contributed by atoms with Gasteiger partial charge in [0.25, 0.3) is 5.85 Å². The van der Waals surface area contributed by atoms with E-state index in [0.29, 0.717) is 5.39 Å². The van der Waals surface area contributed by atoms with Crippen molar-refractivity contribution in [3.63, 3.8) is 0 Å². The van der Waals surface area contributed by atoms with E-state index in [-0.39, 0.29) is 47.4 Å². The molecule has 48 heavy (non-hydrogen) atoms. The fraction of sp³-hybridized carbons (Fsp3) is 0.484. The number of ether oxygens (including phenoxy) is 3. The minimum atomic E-state index is -4.72.